The number of hydrogen-bond donors (Lipinski definition) is 2. The quantitative estimate of drug-likeness (QED) is 0.425. The Morgan fingerprint density at radius 1 is 1.24 bits per heavy atom. The molecule has 0 amide bonds. The molecule has 0 bridgehead atoms. The summed E-state index contributed by atoms with van der Waals surface area (Å²) in [6.07, 6.45) is 2.41. The average molecular weight is 501 g/mol. The van der Waals surface area contributed by atoms with Crippen molar-refractivity contribution in [2.75, 3.05) is 11.9 Å². The van der Waals surface area contributed by atoms with Gasteiger partial charge in [-0.05, 0) is 83.0 Å². The molecule has 4 heterocycles. The highest BCUT2D eigenvalue weighted by molar-refractivity contribution is 5.77. The second kappa shape index (κ2) is 8.78. The summed E-state index contributed by atoms with van der Waals surface area (Å²) >= 11 is 0. The molecule has 0 spiro atoms. The Morgan fingerprint density at radius 3 is 2.76 bits per heavy atom. The van der Waals surface area contributed by atoms with Crippen LogP contribution in [-0.4, -0.2) is 30.9 Å². The zero-order valence-corrected chi connectivity index (χ0v) is 21.6. The van der Waals surface area contributed by atoms with Crippen molar-refractivity contribution in [2.24, 2.45) is 0 Å². The molecule has 0 radical (unpaired) electrons. The van der Waals surface area contributed by atoms with E-state index >= 15 is 0 Å². The van der Waals surface area contributed by atoms with Crippen LogP contribution in [0.4, 0.5) is 16.0 Å². The van der Waals surface area contributed by atoms with Crippen molar-refractivity contribution in [2.45, 2.75) is 58.5 Å². The van der Waals surface area contributed by atoms with Gasteiger partial charge in [0.1, 0.15) is 11.2 Å². The molecule has 5 rings (SSSR count). The predicted octanol–water partition coefficient (Wildman–Crippen LogP) is 4.06. The van der Waals surface area contributed by atoms with Crippen LogP contribution in [0, 0.1) is 17.1 Å². The van der Waals surface area contributed by atoms with Crippen molar-refractivity contribution in [3.05, 3.63) is 69.5 Å². The van der Waals surface area contributed by atoms with Crippen molar-refractivity contribution >= 4 is 22.7 Å². The van der Waals surface area contributed by atoms with Gasteiger partial charge in [0.15, 0.2) is 11.5 Å². The van der Waals surface area contributed by atoms with Crippen LogP contribution in [0.2, 0.25) is 0 Å². The summed E-state index contributed by atoms with van der Waals surface area (Å²) in [5.41, 5.74) is 2.17. The Kier molecular flexibility index (Phi) is 5.83. The molecule has 0 atom stereocenters. The fraction of sp³-hybridized carbons (Fsp3) is 0.370. The van der Waals surface area contributed by atoms with Gasteiger partial charge < -0.3 is 10.6 Å². The number of hydrogen-bond acceptors (Lipinski definition) is 7. The highest BCUT2D eigenvalue weighted by atomic mass is 19.1. The van der Waals surface area contributed by atoms with Crippen LogP contribution in [0.15, 0.2) is 41.3 Å². The molecule has 37 heavy (non-hydrogen) atoms. The van der Waals surface area contributed by atoms with Gasteiger partial charge in [0.25, 0.3) is 5.56 Å². The zero-order valence-electron chi connectivity index (χ0n) is 21.6. The van der Waals surface area contributed by atoms with Gasteiger partial charge >= 0.3 is 0 Å². The van der Waals surface area contributed by atoms with Crippen LogP contribution in [0.3, 0.4) is 0 Å². The molecule has 1 aliphatic heterocycles. The van der Waals surface area contributed by atoms with E-state index in [0.717, 1.165) is 18.7 Å². The molecule has 10 heteroatoms. The van der Waals surface area contributed by atoms with Crippen molar-refractivity contribution in [1.82, 2.24) is 29.6 Å². The highest BCUT2D eigenvalue weighted by Crippen LogP contribution is 2.31. The number of rotatable bonds is 5. The van der Waals surface area contributed by atoms with E-state index in [1.165, 1.54) is 34.1 Å². The van der Waals surface area contributed by atoms with Crippen LogP contribution in [-0.2, 0) is 23.9 Å². The van der Waals surface area contributed by atoms with Gasteiger partial charge in [0, 0.05) is 24.0 Å². The molecule has 0 unspecified atom stereocenters. The van der Waals surface area contributed by atoms with Gasteiger partial charge in [-0.25, -0.2) is 23.7 Å². The number of pyridine rings is 1. The first kappa shape index (κ1) is 24.6. The van der Waals surface area contributed by atoms with E-state index in [9.17, 15) is 14.4 Å². The molecule has 3 aromatic heterocycles. The van der Waals surface area contributed by atoms with Gasteiger partial charge in [-0.3, -0.25) is 4.79 Å². The number of fused-ring (bicyclic) bond motifs is 2. The minimum absolute atomic E-state index is 0.00308. The van der Waals surface area contributed by atoms with Crippen LogP contribution in [0.1, 0.15) is 51.4 Å². The second-order valence-corrected chi connectivity index (χ2v) is 10.3. The number of nitrogens with one attached hydrogen (secondary N) is 2. The molecular formula is C27H29FN8O. The summed E-state index contributed by atoms with van der Waals surface area (Å²) in [5.74, 6) is 0.0316. The Balaban J connectivity index is 1.61. The van der Waals surface area contributed by atoms with Gasteiger partial charge in [0.05, 0.1) is 17.2 Å². The lowest BCUT2D eigenvalue weighted by atomic mass is 9.85. The third kappa shape index (κ3) is 4.15. The van der Waals surface area contributed by atoms with E-state index in [1.807, 2.05) is 13.0 Å². The lowest BCUT2D eigenvalue weighted by molar-refractivity contribution is 0.382. The first-order chi connectivity index (χ1) is 17.6. The lowest BCUT2D eigenvalue weighted by Gasteiger charge is -2.34. The number of anilines is 2. The SMILES string of the molecule is CCn1c(=O)c2cnc(Nc3ccc4c(c3)CCNC4(C)C)nc2n1-c1ccc(F)c(C(C)(C)C#N)n1. The maximum Gasteiger partial charge on any atom is 0.278 e. The molecule has 1 aliphatic rings. The largest absolute Gasteiger partial charge is 0.324 e. The molecule has 2 N–H and O–H groups in total. The summed E-state index contributed by atoms with van der Waals surface area (Å²) in [6.45, 7) is 10.6. The normalized spacial score (nSPS) is 14.8. The molecule has 9 nitrogen and oxygen atoms in total. The monoisotopic (exact) mass is 500 g/mol. The Bertz CT molecular complexity index is 1630. The minimum Gasteiger partial charge on any atom is -0.324 e. The fourth-order valence-corrected chi connectivity index (χ4v) is 4.87. The third-order valence-electron chi connectivity index (χ3n) is 6.89. The highest BCUT2D eigenvalue weighted by Gasteiger charge is 2.28. The van der Waals surface area contributed by atoms with E-state index in [2.05, 4.69) is 57.6 Å². The van der Waals surface area contributed by atoms with Gasteiger partial charge in [0.2, 0.25) is 5.95 Å². The number of aromatic nitrogens is 5. The molecule has 190 valence electrons. The van der Waals surface area contributed by atoms with E-state index in [0.29, 0.717) is 29.3 Å². The summed E-state index contributed by atoms with van der Waals surface area (Å²) in [7, 11) is 0. The van der Waals surface area contributed by atoms with Gasteiger partial charge in [-0.2, -0.15) is 10.2 Å². The van der Waals surface area contributed by atoms with E-state index in [4.69, 9.17) is 0 Å². The summed E-state index contributed by atoms with van der Waals surface area (Å²) < 4.78 is 17.6. The molecule has 0 saturated carbocycles. The number of nitriles is 1. The van der Waals surface area contributed by atoms with Gasteiger partial charge in [-0.15, -0.1) is 0 Å². The van der Waals surface area contributed by atoms with Gasteiger partial charge in [-0.1, -0.05) is 6.07 Å². The van der Waals surface area contributed by atoms with Crippen molar-refractivity contribution < 1.29 is 4.39 Å². The Hall–Kier alpha value is -4.10. The first-order valence-corrected chi connectivity index (χ1v) is 12.3. The van der Waals surface area contributed by atoms with Crippen LogP contribution in [0.25, 0.3) is 16.9 Å². The van der Waals surface area contributed by atoms with E-state index in [1.54, 1.807) is 18.5 Å². The maximum absolute atomic E-state index is 14.6. The van der Waals surface area contributed by atoms with Crippen molar-refractivity contribution in [3.63, 3.8) is 0 Å². The molecule has 0 aliphatic carbocycles. The molecule has 4 aromatic rings. The van der Waals surface area contributed by atoms with Crippen LogP contribution < -0.4 is 16.2 Å². The average Bonchev–Trinajstić information content (AvgIpc) is 3.14. The zero-order chi connectivity index (χ0) is 26.5. The van der Waals surface area contributed by atoms with E-state index < -0.39 is 11.2 Å². The van der Waals surface area contributed by atoms with Crippen molar-refractivity contribution in [1.29, 1.82) is 5.26 Å². The summed E-state index contributed by atoms with van der Waals surface area (Å²) in [5, 5.41) is 16.6. The standard InChI is InChI=1S/C27H29FN8O/c1-6-35-24(37)18-14-30-25(32-17-7-8-19-16(13-17)11-12-31-27(19,4)5)34-23(18)36(35)21-10-9-20(28)22(33-21)26(2,3)15-29/h7-10,13-14,31H,6,11-12H2,1-5H3,(H,30,32,34). The number of nitrogens with zero attached hydrogens (tertiary/aromatic N) is 6. The minimum atomic E-state index is -1.15. The summed E-state index contributed by atoms with van der Waals surface area (Å²) in [6, 6.07) is 11.0. The third-order valence-corrected chi connectivity index (χ3v) is 6.89. The maximum atomic E-state index is 14.6. The molecule has 1 aromatic carbocycles. The molecule has 0 saturated heterocycles. The smallest absolute Gasteiger partial charge is 0.278 e. The predicted molar refractivity (Wildman–Crippen MR) is 140 cm³/mol. The number of halogens is 1. The van der Waals surface area contributed by atoms with Crippen LogP contribution in [0.5, 0.6) is 0 Å². The van der Waals surface area contributed by atoms with Crippen LogP contribution >= 0.6 is 0 Å². The summed E-state index contributed by atoms with van der Waals surface area (Å²) in [4.78, 5) is 26.6. The topological polar surface area (TPSA) is 113 Å². The fourth-order valence-electron chi connectivity index (χ4n) is 4.87. The molecule has 0 fully saturated rings. The molecular weight excluding hydrogens is 471 g/mol. The van der Waals surface area contributed by atoms with E-state index in [-0.39, 0.29) is 16.8 Å². The Labute approximate surface area is 214 Å². The second-order valence-electron chi connectivity index (χ2n) is 10.3. The first-order valence-electron chi connectivity index (χ1n) is 12.3. The number of benzene rings is 1. The van der Waals surface area contributed by atoms with Crippen molar-refractivity contribution in [3.8, 4) is 11.9 Å². The Morgan fingerprint density at radius 2 is 2.03 bits per heavy atom. The lowest BCUT2D eigenvalue weighted by Crippen LogP contribution is -2.42.